The van der Waals surface area contributed by atoms with E-state index in [9.17, 15) is 25.2 Å². The number of benzene rings is 6. The number of hydrogen-bond acceptors (Lipinski definition) is 5. The molecule has 7 aromatic rings. The minimum Gasteiger partial charge on any atom is -0.0622 e. The Bertz CT molecular complexity index is 2080. The predicted octanol–water partition coefficient (Wildman–Crippen LogP) is 11.7. The largest absolute Gasteiger partial charge is 1.00 e. The van der Waals surface area contributed by atoms with Crippen LogP contribution in [0.2, 0.25) is 0 Å². The number of hydrogen-bond donors (Lipinski definition) is 0. The molecule has 0 atom stereocenters. The van der Waals surface area contributed by atoms with Gasteiger partial charge in [-0.05, 0) is 59.8 Å². The number of halogens is 6. The van der Waals surface area contributed by atoms with Crippen molar-refractivity contribution in [3.05, 3.63) is 213 Å². The van der Waals surface area contributed by atoms with Crippen LogP contribution in [0.25, 0.3) is 0 Å². The molecular weight excluding hydrogens is 1040 g/mol. The summed E-state index contributed by atoms with van der Waals surface area (Å²) in [6.45, 7) is 6.22. The number of aliphatic imine (C=N–C) groups is 1. The summed E-state index contributed by atoms with van der Waals surface area (Å²) in [5.74, 6) is 0.689. The fourth-order valence-corrected chi connectivity index (χ4v) is 10.1. The molecule has 0 unspecified atom stereocenters. The van der Waals surface area contributed by atoms with Crippen molar-refractivity contribution < 1.29 is 49.6 Å². The second kappa shape index (κ2) is 24.4. The summed E-state index contributed by atoms with van der Waals surface area (Å²) in [5.41, 5.74) is 0.746. The molecule has 1 aliphatic rings. The number of guanidine groups is 1. The second-order valence-electron chi connectivity index (χ2n) is 12.7. The molecule has 1 aromatic heterocycles. The van der Waals surface area contributed by atoms with Crippen LogP contribution in [0.15, 0.2) is 222 Å². The molecular formula is C46H41F6N5OOsP3. The van der Waals surface area contributed by atoms with E-state index < -0.39 is 23.7 Å². The first kappa shape index (κ1) is 51.1. The average molecular weight is 1080 g/mol. The zero-order chi connectivity index (χ0) is 44.0. The molecule has 8 rings (SSSR count). The minimum absolute atomic E-state index is 0. The minimum atomic E-state index is -10.7. The Kier molecular flexibility index (Phi) is 20.2. The number of nitrogens with zero attached hydrogens (tertiary/aromatic N) is 5. The Morgan fingerprint density at radius 3 is 1.02 bits per heavy atom. The van der Waals surface area contributed by atoms with Crippen LogP contribution >= 0.6 is 23.7 Å². The van der Waals surface area contributed by atoms with Gasteiger partial charge in [0, 0.05) is 19.8 Å². The molecule has 1 radical (unpaired) electrons. The maximum Gasteiger partial charge on any atom is 1.00 e. The molecule has 6 aromatic carbocycles. The van der Waals surface area contributed by atoms with Gasteiger partial charge in [-0.25, -0.2) is 4.99 Å². The van der Waals surface area contributed by atoms with Crippen molar-refractivity contribution in [2.45, 2.75) is 0 Å². The number of azo groups is 1. The SMILES string of the molecule is CN1CCN=C1N=Nc1cccnc1.F[P-](F)(F)(F)(F)F.[C-]#[O+].[Os+].c1ccc(P(c2ccccc2)c2ccccc2)cc1.c1ccc(P(c2ccccc2)c2ccccc2)cc1. The van der Waals surface area contributed by atoms with Gasteiger partial charge in [-0.2, -0.15) is 0 Å². The Balaban J connectivity index is 0.000000226. The first-order chi connectivity index (χ1) is 29.2. The molecule has 0 spiro atoms. The van der Waals surface area contributed by atoms with Gasteiger partial charge in [0.25, 0.3) is 0 Å². The van der Waals surface area contributed by atoms with Crippen LogP contribution in [0.3, 0.4) is 0 Å². The molecule has 62 heavy (non-hydrogen) atoms. The fraction of sp³-hybridized carbons (Fsp3) is 0.0652. The predicted molar refractivity (Wildman–Crippen MR) is 241 cm³/mol. The number of rotatable bonds is 7. The summed E-state index contributed by atoms with van der Waals surface area (Å²) < 4.78 is 66.7. The van der Waals surface area contributed by atoms with Crippen molar-refractivity contribution >= 4 is 67.1 Å². The van der Waals surface area contributed by atoms with Crippen LogP contribution in [0.5, 0.6) is 0 Å². The summed E-state index contributed by atoms with van der Waals surface area (Å²) in [6, 6.07) is 68.3. The fourth-order valence-electron chi connectivity index (χ4n) is 5.50. The van der Waals surface area contributed by atoms with E-state index in [1.165, 1.54) is 31.8 Å². The Morgan fingerprint density at radius 1 is 0.500 bits per heavy atom. The van der Waals surface area contributed by atoms with Crippen molar-refractivity contribution in [3.63, 3.8) is 0 Å². The first-order valence-corrected chi connectivity index (χ1v) is 23.2. The summed E-state index contributed by atoms with van der Waals surface area (Å²) in [7, 11) is -9.60. The third-order valence-electron chi connectivity index (χ3n) is 8.02. The maximum absolute atomic E-state index is 10.7. The number of likely N-dealkylation sites (N-methyl/N-ethyl adjacent to an activating group) is 1. The molecule has 0 bridgehead atoms. The van der Waals surface area contributed by atoms with Gasteiger partial charge in [-0.15, -0.1) is 10.2 Å². The molecule has 0 fully saturated rings. The standard InChI is InChI=1S/2C18H15P.C9H11N5.CO.F6P.Os/c2*1-4-10-16(11-5-1)19(17-12-6-2-7-13-17)18-14-8-3-9-15-18;1-14-6-5-11-9(14)13-12-8-3-2-4-10-7-8;1-2;1-7(2,3,4,5)6;/h2*1-15H;2-4,7H,5-6H2,1H3;;;/q;;;;-1;+1. The molecule has 0 N–H and O–H groups in total. The molecule has 2 heterocycles. The van der Waals surface area contributed by atoms with Gasteiger partial charge < -0.3 is 4.90 Å². The topological polar surface area (TPSA) is 73.1 Å². The van der Waals surface area contributed by atoms with Crippen LogP contribution in [0.4, 0.5) is 30.9 Å². The van der Waals surface area contributed by atoms with Gasteiger partial charge in [0.2, 0.25) is 5.96 Å². The number of pyridine rings is 1. The maximum atomic E-state index is 9.87. The summed E-state index contributed by atoms with van der Waals surface area (Å²) in [5, 5.41) is 16.5. The van der Waals surface area contributed by atoms with Gasteiger partial charge in [0.15, 0.2) is 0 Å². The van der Waals surface area contributed by atoms with Gasteiger partial charge in [0.1, 0.15) is 5.69 Å². The zero-order valence-corrected chi connectivity index (χ0v) is 38.4. The van der Waals surface area contributed by atoms with Gasteiger partial charge in [0.05, 0.1) is 12.7 Å². The molecule has 321 valence electrons. The molecule has 0 saturated carbocycles. The van der Waals surface area contributed by atoms with E-state index in [-0.39, 0.29) is 19.8 Å². The van der Waals surface area contributed by atoms with Crippen LogP contribution in [-0.2, 0) is 24.4 Å². The molecule has 6 nitrogen and oxygen atoms in total. The van der Waals surface area contributed by atoms with Gasteiger partial charge in [-0.3, -0.25) is 4.98 Å². The second-order valence-corrected chi connectivity index (χ2v) is 19.0. The van der Waals surface area contributed by atoms with E-state index in [0.29, 0.717) is 5.96 Å². The van der Waals surface area contributed by atoms with Gasteiger partial charge >= 0.3 is 64.1 Å². The molecule has 1 aliphatic heterocycles. The Morgan fingerprint density at radius 2 is 0.790 bits per heavy atom. The van der Waals surface area contributed by atoms with Crippen molar-refractivity contribution in [1.82, 2.24) is 9.88 Å². The van der Waals surface area contributed by atoms with Crippen LogP contribution in [0, 0.1) is 6.65 Å². The van der Waals surface area contributed by atoms with Crippen LogP contribution < -0.4 is 31.8 Å². The monoisotopic (exact) mass is 1080 g/mol. The van der Waals surface area contributed by atoms with E-state index >= 15 is 0 Å². The quantitative estimate of drug-likeness (QED) is 0.0524. The van der Waals surface area contributed by atoms with Crippen molar-refractivity contribution in [3.8, 4) is 0 Å². The van der Waals surface area contributed by atoms with Crippen molar-refractivity contribution in [1.29, 1.82) is 0 Å². The zero-order valence-electron chi connectivity index (χ0n) is 33.2. The first-order valence-electron chi connectivity index (χ1n) is 18.5. The van der Waals surface area contributed by atoms with E-state index in [2.05, 4.69) is 209 Å². The van der Waals surface area contributed by atoms with Crippen molar-refractivity contribution in [2.75, 3.05) is 20.1 Å². The van der Waals surface area contributed by atoms with Gasteiger partial charge in [-0.1, -0.05) is 182 Å². The smallest absolute Gasteiger partial charge is 0.0622 e. The average Bonchev–Trinajstić information content (AvgIpc) is 3.70. The van der Waals surface area contributed by atoms with Crippen LogP contribution in [0.1, 0.15) is 0 Å². The molecule has 0 amide bonds. The van der Waals surface area contributed by atoms with E-state index in [1.54, 1.807) is 12.4 Å². The third-order valence-corrected chi connectivity index (χ3v) is 12.9. The molecule has 0 saturated heterocycles. The summed E-state index contributed by atoms with van der Waals surface area (Å²) in [6.07, 6.45) is 3.37. The Hall–Kier alpha value is -5.21. The molecule has 0 aliphatic carbocycles. The van der Waals surface area contributed by atoms with E-state index in [0.717, 1.165) is 18.8 Å². The molecule has 16 heteroatoms. The van der Waals surface area contributed by atoms with E-state index in [4.69, 9.17) is 4.65 Å². The van der Waals surface area contributed by atoms with Crippen molar-refractivity contribution in [2.24, 2.45) is 15.2 Å². The Labute approximate surface area is 373 Å². The third kappa shape index (κ3) is 19.7. The van der Waals surface area contributed by atoms with Crippen LogP contribution in [-0.4, -0.2) is 36.0 Å². The summed E-state index contributed by atoms with van der Waals surface area (Å²) in [4.78, 5) is 10.1. The summed E-state index contributed by atoms with van der Waals surface area (Å²) >= 11 is 0. The van der Waals surface area contributed by atoms with E-state index in [1.807, 2.05) is 24.1 Å². The normalized spacial score (nSPS) is 12.8. The number of aromatic nitrogens is 1.